The zero-order valence-electron chi connectivity index (χ0n) is 20.9. The molecule has 0 spiro atoms. The number of Topliss-reactive ketones (excluding diaryl/α,β-unsaturated/α-hetero) is 1. The number of ether oxygens (including phenoxy) is 3. The molecule has 7 heteroatoms. The lowest BCUT2D eigenvalue weighted by atomic mass is 9.68. The average Bonchev–Trinajstić information content (AvgIpc) is 2.82. The van der Waals surface area contributed by atoms with E-state index in [9.17, 15) is 9.59 Å². The molecule has 2 aliphatic rings. The van der Waals surface area contributed by atoms with E-state index in [0.29, 0.717) is 35.5 Å². The fraction of sp³-hybridized carbons (Fsp3) is 0.357. The monoisotopic (exact) mass is 476 g/mol. The highest BCUT2D eigenvalue weighted by Crippen LogP contribution is 2.51. The Kier molecular flexibility index (Phi) is 6.61. The molecule has 7 nitrogen and oxygen atoms in total. The summed E-state index contributed by atoms with van der Waals surface area (Å²) in [6, 6.07) is 15.0. The first-order valence-electron chi connectivity index (χ1n) is 11.7. The first kappa shape index (κ1) is 24.4. The number of nitrogens with two attached hydrogens (primary N) is 1. The fourth-order valence-corrected chi connectivity index (χ4v) is 5.06. The second-order valence-electron chi connectivity index (χ2n) is 9.54. The number of para-hydroxylation sites is 1. The Labute approximate surface area is 206 Å². The van der Waals surface area contributed by atoms with Gasteiger partial charge in [-0.15, -0.1) is 0 Å². The van der Waals surface area contributed by atoms with Crippen LogP contribution in [0.1, 0.15) is 45.1 Å². The van der Waals surface area contributed by atoms with Crippen molar-refractivity contribution in [1.29, 1.82) is 0 Å². The first-order chi connectivity index (χ1) is 16.7. The van der Waals surface area contributed by atoms with Crippen LogP contribution in [0.5, 0.6) is 11.5 Å². The normalized spacial score (nSPS) is 19.4. The van der Waals surface area contributed by atoms with E-state index in [0.717, 1.165) is 11.4 Å². The van der Waals surface area contributed by atoms with E-state index in [4.69, 9.17) is 19.9 Å². The number of rotatable bonds is 6. The van der Waals surface area contributed by atoms with Crippen LogP contribution in [-0.4, -0.2) is 32.6 Å². The van der Waals surface area contributed by atoms with Crippen LogP contribution in [0, 0.1) is 5.41 Å². The van der Waals surface area contributed by atoms with Gasteiger partial charge in [0.2, 0.25) is 0 Å². The minimum Gasteiger partial charge on any atom is -0.493 e. The SMILES string of the molecule is CCOC(=O)C1=C(N)N(c2ccccc2)C2=C(C(=O)CC(C)(C)C2)C1c1ccc(OC)c(OC)c1. The average molecular weight is 477 g/mol. The number of ketones is 1. The van der Waals surface area contributed by atoms with Gasteiger partial charge >= 0.3 is 5.97 Å². The van der Waals surface area contributed by atoms with E-state index < -0.39 is 11.9 Å². The van der Waals surface area contributed by atoms with Crippen molar-refractivity contribution in [2.45, 2.75) is 39.5 Å². The lowest BCUT2D eigenvalue weighted by Crippen LogP contribution is -2.43. The fourth-order valence-electron chi connectivity index (χ4n) is 5.06. The summed E-state index contributed by atoms with van der Waals surface area (Å²) in [4.78, 5) is 29.0. The van der Waals surface area contributed by atoms with E-state index in [2.05, 4.69) is 13.8 Å². The summed E-state index contributed by atoms with van der Waals surface area (Å²) in [6.07, 6.45) is 0.998. The highest BCUT2D eigenvalue weighted by atomic mass is 16.5. The summed E-state index contributed by atoms with van der Waals surface area (Å²) in [5.74, 6) is 0.0770. The Bertz CT molecular complexity index is 1210. The summed E-state index contributed by atoms with van der Waals surface area (Å²) in [7, 11) is 3.11. The number of esters is 1. The van der Waals surface area contributed by atoms with Gasteiger partial charge in [-0.2, -0.15) is 0 Å². The maximum absolute atomic E-state index is 13.8. The van der Waals surface area contributed by atoms with Gasteiger partial charge in [0.1, 0.15) is 5.82 Å². The lowest BCUT2D eigenvalue weighted by molar-refractivity contribution is -0.138. The molecular formula is C28H32N2O5. The van der Waals surface area contributed by atoms with E-state index in [1.54, 1.807) is 33.3 Å². The van der Waals surface area contributed by atoms with Crippen LogP contribution in [0.15, 0.2) is 71.2 Å². The molecule has 1 atom stereocenters. The Morgan fingerprint density at radius 3 is 2.37 bits per heavy atom. The highest BCUT2D eigenvalue weighted by Gasteiger charge is 2.46. The number of carbonyl (C=O) groups is 2. The van der Waals surface area contributed by atoms with E-state index in [1.165, 1.54) is 0 Å². The van der Waals surface area contributed by atoms with E-state index in [1.807, 2.05) is 41.3 Å². The molecule has 184 valence electrons. The van der Waals surface area contributed by atoms with Crippen molar-refractivity contribution in [2.75, 3.05) is 25.7 Å². The summed E-state index contributed by atoms with van der Waals surface area (Å²) >= 11 is 0. The Hall–Kier alpha value is -3.74. The van der Waals surface area contributed by atoms with Crippen molar-refractivity contribution in [3.05, 3.63) is 76.8 Å². The van der Waals surface area contributed by atoms with Crippen molar-refractivity contribution in [1.82, 2.24) is 0 Å². The molecule has 2 N–H and O–H groups in total. The number of benzene rings is 2. The van der Waals surface area contributed by atoms with Crippen LogP contribution in [-0.2, 0) is 14.3 Å². The number of methoxy groups -OCH3 is 2. The molecule has 0 saturated carbocycles. The van der Waals surface area contributed by atoms with Crippen LogP contribution >= 0.6 is 0 Å². The van der Waals surface area contributed by atoms with Gasteiger partial charge in [-0.1, -0.05) is 38.1 Å². The predicted molar refractivity (Wildman–Crippen MR) is 134 cm³/mol. The molecule has 0 fully saturated rings. The molecule has 1 aliphatic heterocycles. The smallest absolute Gasteiger partial charge is 0.338 e. The third kappa shape index (κ3) is 4.38. The summed E-state index contributed by atoms with van der Waals surface area (Å²) in [6.45, 7) is 6.08. The maximum atomic E-state index is 13.8. The second kappa shape index (κ2) is 9.49. The minimum absolute atomic E-state index is 0.00809. The minimum atomic E-state index is -0.688. The van der Waals surface area contributed by atoms with Gasteiger partial charge in [0.25, 0.3) is 0 Å². The van der Waals surface area contributed by atoms with Gasteiger partial charge in [0.05, 0.1) is 32.3 Å². The summed E-state index contributed by atoms with van der Waals surface area (Å²) in [5.41, 5.74) is 9.65. The van der Waals surface area contributed by atoms with Gasteiger partial charge in [-0.3, -0.25) is 9.69 Å². The van der Waals surface area contributed by atoms with Gasteiger partial charge < -0.3 is 19.9 Å². The Morgan fingerprint density at radius 2 is 1.74 bits per heavy atom. The van der Waals surface area contributed by atoms with Crippen molar-refractivity contribution in [3.63, 3.8) is 0 Å². The van der Waals surface area contributed by atoms with Crippen molar-refractivity contribution >= 4 is 17.4 Å². The quantitative estimate of drug-likeness (QED) is 0.605. The molecule has 1 unspecified atom stereocenters. The second-order valence-corrected chi connectivity index (χ2v) is 9.54. The van der Waals surface area contributed by atoms with Crippen molar-refractivity contribution in [3.8, 4) is 11.5 Å². The highest BCUT2D eigenvalue weighted by molar-refractivity contribution is 6.05. The third-order valence-electron chi connectivity index (χ3n) is 6.51. The van der Waals surface area contributed by atoms with Crippen LogP contribution in [0.4, 0.5) is 5.69 Å². The van der Waals surface area contributed by atoms with Gasteiger partial charge in [0, 0.05) is 23.4 Å². The number of carbonyl (C=O) groups excluding carboxylic acids is 2. The molecule has 2 aromatic rings. The molecule has 2 aromatic carbocycles. The van der Waals surface area contributed by atoms with E-state index in [-0.39, 0.29) is 29.2 Å². The Morgan fingerprint density at radius 1 is 1.06 bits per heavy atom. The molecule has 1 heterocycles. The lowest BCUT2D eigenvalue weighted by Gasteiger charge is -2.44. The van der Waals surface area contributed by atoms with Crippen LogP contribution in [0.25, 0.3) is 0 Å². The number of allylic oxidation sites excluding steroid dienone is 2. The predicted octanol–water partition coefficient (Wildman–Crippen LogP) is 4.68. The van der Waals surface area contributed by atoms with Gasteiger partial charge in [-0.05, 0) is 48.6 Å². The first-order valence-corrected chi connectivity index (χ1v) is 11.7. The molecule has 0 amide bonds. The maximum Gasteiger partial charge on any atom is 0.338 e. The largest absolute Gasteiger partial charge is 0.493 e. The van der Waals surface area contributed by atoms with Gasteiger partial charge in [-0.25, -0.2) is 4.79 Å². The molecule has 0 bridgehead atoms. The number of nitrogens with zero attached hydrogens (tertiary/aromatic N) is 1. The van der Waals surface area contributed by atoms with Gasteiger partial charge in [0.15, 0.2) is 17.3 Å². The number of anilines is 1. The summed E-state index contributed by atoms with van der Waals surface area (Å²) in [5, 5.41) is 0. The zero-order valence-corrected chi connectivity index (χ0v) is 20.9. The molecule has 4 rings (SSSR count). The standard InChI is InChI=1S/C28H32N2O5/c1-6-35-27(32)25-23(17-12-13-21(33-4)22(14-17)34-5)24-19(15-28(2,3)16-20(24)31)30(26(25)29)18-10-8-7-9-11-18/h7-14,23H,6,15-16,29H2,1-5H3. The number of hydrogen-bond donors (Lipinski definition) is 1. The molecule has 0 aromatic heterocycles. The van der Waals surface area contributed by atoms with Crippen molar-refractivity contribution < 1.29 is 23.8 Å². The summed E-state index contributed by atoms with van der Waals surface area (Å²) < 4.78 is 16.4. The molecule has 35 heavy (non-hydrogen) atoms. The molecular weight excluding hydrogens is 444 g/mol. The third-order valence-corrected chi connectivity index (χ3v) is 6.51. The molecule has 0 saturated heterocycles. The topological polar surface area (TPSA) is 91.1 Å². The number of hydrogen-bond acceptors (Lipinski definition) is 7. The molecule has 1 aliphatic carbocycles. The van der Waals surface area contributed by atoms with Crippen LogP contribution in [0.2, 0.25) is 0 Å². The zero-order chi connectivity index (χ0) is 25.3. The Balaban J connectivity index is 2.03. The molecule has 0 radical (unpaired) electrons. The van der Waals surface area contributed by atoms with Crippen molar-refractivity contribution in [2.24, 2.45) is 11.1 Å². The van der Waals surface area contributed by atoms with Crippen LogP contribution < -0.4 is 20.1 Å². The van der Waals surface area contributed by atoms with Crippen LogP contribution in [0.3, 0.4) is 0 Å². The van der Waals surface area contributed by atoms with E-state index >= 15 is 0 Å².